The maximum atomic E-state index is 11.9. The Morgan fingerprint density at radius 1 is 1.14 bits per heavy atom. The zero-order valence-corrected chi connectivity index (χ0v) is 12.6. The zero-order valence-electron chi connectivity index (χ0n) is 11.7. The van der Waals surface area contributed by atoms with Gasteiger partial charge >= 0.3 is 0 Å². The van der Waals surface area contributed by atoms with E-state index in [4.69, 9.17) is 10.5 Å². The largest absolute Gasteiger partial charge is 0.496 e. The van der Waals surface area contributed by atoms with Gasteiger partial charge in [0.25, 0.3) is 0 Å². The SMILES string of the molecule is COc1ccc(-c2ccccc2)cc1C[S@](=O)CC(N)=O. The Morgan fingerprint density at radius 3 is 2.48 bits per heavy atom. The molecule has 5 heteroatoms. The number of carbonyl (C=O) groups excluding carboxylic acids is 1. The molecule has 0 radical (unpaired) electrons. The Morgan fingerprint density at radius 2 is 1.86 bits per heavy atom. The van der Waals surface area contributed by atoms with E-state index in [1.165, 1.54) is 0 Å². The fourth-order valence-corrected chi connectivity index (χ4v) is 3.08. The van der Waals surface area contributed by atoms with Crippen molar-refractivity contribution < 1.29 is 13.7 Å². The number of hydrogen-bond acceptors (Lipinski definition) is 3. The molecule has 0 saturated carbocycles. The van der Waals surface area contributed by atoms with Gasteiger partial charge in [-0.2, -0.15) is 0 Å². The summed E-state index contributed by atoms with van der Waals surface area (Å²) in [6.45, 7) is 0. The van der Waals surface area contributed by atoms with Gasteiger partial charge in [-0.3, -0.25) is 9.00 Å². The average molecular weight is 303 g/mol. The molecule has 0 unspecified atom stereocenters. The molecule has 0 spiro atoms. The molecular formula is C16H17NO3S. The molecule has 2 aromatic carbocycles. The van der Waals surface area contributed by atoms with E-state index in [0.29, 0.717) is 5.75 Å². The van der Waals surface area contributed by atoms with E-state index in [1.54, 1.807) is 7.11 Å². The predicted molar refractivity (Wildman–Crippen MR) is 84.3 cm³/mol. The molecule has 0 heterocycles. The molecular weight excluding hydrogens is 286 g/mol. The van der Waals surface area contributed by atoms with Crippen molar-refractivity contribution >= 4 is 16.7 Å². The van der Waals surface area contributed by atoms with Gasteiger partial charge in [-0.15, -0.1) is 0 Å². The maximum absolute atomic E-state index is 11.9. The first-order chi connectivity index (χ1) is 10.1. The molecule has 110 valence electrons. The van der Waals surface area contributed by atoms with Crippen LogP contribution >= 0.6 is 0 Å². The van der Waals surface area contributed by atoms with Gasteiger partial charge in [0.2, 0.25) is 5.91 Å². The number of amides is 1. The van der Waals surface area contributed by atoms with Crippen LogP contribution < -0.4 is 10.5 Å². The number of benzene rings is 2. The van der Waals surface area contributed by atoms with Crippen molar-refractivity contribution in [3.8, 4) is 16.9 Å². The summed E-state index contributed by atoms with van der Waals surface area (Å²) in [5, 5.41) is 0. The van der Waals surface area contributed by atoms with Gasteiger partial charge in [0.15, 0.2) is 0 Å². The van der Waals surface area contributed by atoms with Gasteiger partial charge in [0.05, 0.1) is 12.9 Å². The number of ether oxygens (including phenoxy) is 1. The average Bonchev–Trinajstić information content (AvgIpc) is 2.47. The Labute approximate surface area is 126 Å². The van der Waals surface area contributed by atoms with Crippen molar-refractivity contribution in [1.29, 1.82) is 0 Å². The number of carbonyl (C=O) groups is 1. The van der Waals surface area contributed by atoms with Crippen molar-refractivity contribution in [2.24, 2.45) is 5.73 Å². The lowest BCUT2D eigenvalue weighted by molar-refractivity contribution is -0.115. The van der Waals surface area contributed by atoms with E-state index >= 15 is 0 Å². The van der Waals surface area contributed by atoms with E-state index in [0.717, 1.165) is 16.7 Å². The lowest BCUT2D eigenvalue weighted by Crippen LogP contribution is -2.20. The Hall–Kier alpha value is -2.14. The molecule has 0 aliphatic heterocycles. The van der Waals surface area contributed by atoms with Crippen molar-refractivity contribution in [3.05, 3.63) is 54.1 Å². The summed E-state index contributed by atoms with van der Waals surface area (Å²) in [5.41, 5.74) is 7.97. The van der Waals surface area contributed by atoms with Gasteiger partial charge < -0.3 is 10.5 Å². The van der Waals surface area contributed by atoms with Crippen LogP contribution in [0.4, 0.5) is 0 Å². The second-order valence-corrected chi connectivity index (χ2v) is 6.04. The minimum absolute atomic E-state index is 0.140. The summed E-state index contributed by atoms with van der Waals surface area (Å²) < 4.78 is 17.2. The third-order valence-corrected chi connectivity index (χ3v) is 4.25. The molecule has 1 amide bonds. The van der Waals surface area contributed by atoms with E-state index in [-0.39, 0.29) is 11.5 Å². The lowest BCUT2D eigenvalue weighted by Gasteiger charge is -2.10. The number of nitrogens with two attached hydrogens (primary N) is 1. The highest BCUT2D eigenvalue weighted by atomic mass is 32.2. The number of hydrogen-bond donors (Lipinski definition) is 1. The monoisotopic (exact) mass is 303 g/mol. The summed E-state index contributed by atoms with van der Waals surface area (Å²) >= 11 is 0. The smallest absolute Gasteiger partial charge is 0.230 e. The summed E-state index contributed by atoms with van der Waals surface area (Å²) in [6.07, 6.45) is 0. The van der Waals surface area contributed by atoms with Crippen molar-refractivity contribution in [3.63, 3.8) is 0 Å². The summed E-state index contributed by atoms with van der Waals surface area (Å²) in [4.78, 5) is 10.8. The highest BCUT2D eigenvalue weighted by Crippen LogP contribution is 2.27. The predicted octanol–water partition coefficient (Wildman–Crippen LogP) is 2.10. The van der Waals surface area contributed by atoms with Gasteiger partial charge in [-0.25, -0.2) is 0 Å². The van der Waals surface area contributed by atoms with Crippen LogP contribution in [-0.4, -0.2) is 23.0 Å². The first-order valence-electron chi connectivity index (χ1n) is 6.46. The molecule has 21 heavy (non-hydrogen) atoms. The Bertz CT molecular complexity index is 656. The standard InChI is InChI=1S/C16H17NO3S/c1-20-15-8-7-13(12-5-3-2-4-6-12)9-14(15)10-21(19)11-16(17)18/h2-9H,10-11H2,1H3,(H2,17,18)/t21-/m0/s1. The minimum atomic E-state index is -1.33. The third-order valence-electron chi connectivity index (χ3n) is 3.01. The molecule has 1 atom stereocenters. The quantitative estimate of drug-likeness (QED) is 0.888. The van der Waals surface area contributed by atoms with Crippen LogP contribution in [0.15, 0.2) is 48.5 Å². The first-order valence-corrected chi connectivity index (χ1v) is 7.94. The highest BCUT2D eigenvalue weighted by Gasteiger charge is 2.11. The molecule has 4 nitrogen and oxygen atoms in total. The molecule has 0 aliphatic carbocycles. The van der Waals surface area contributed by atoms with Crippen LogP contribution in [0.1, 0.15) is 5.56 Å². The molecule has 0 fully saturated rings. The third kappa shape index (κ3) is 4.16. The van der Waals surface area contributed by atoms with E-state index in [9.17, 15) is 9.00 Å². The molecule has 2 aromatic rings. The van der Waals surface area contributed by atoms with Crippen molar-refractivity contribution in [2.45, 2.75) is 5.75 Å². The first kappa shape index (κ1) is 15.3. The van der Waals surface area contributed by atoms with Crippen LogP contribution in [0.3, 0.4) is 0 Å². The minimum Gasteiger partial charge on any atom is -0.496 e. The normalized spacial score (nSPS) is 11.9. The van der Waals surface area contributed by atoms with Crippen LogP contribution in [0.2, 0.25) is 0 Å². The lowest BCUT2D eigenvalue weighted by atomic mass is 10.0. The Balaban J connectivity index is 2.30. The molecule has 0 aliphatic rings. The Kier molecular flexibility index (Phi) is 5.11. The van der Waals surface area contributed by atoms with Crippen molar-refractivity contribution in [2.75, 3.05) is 12.9 Å². The highest BCUT2D eigenvalue weighted by molar-refractivity contribution is 7.84. The van der Waals surface area contributed by atoms with E-state index in [1.807, 2.05) is 48.5 Å². The van der Waals surface area contributed by atoms with Crippen molar-refractivity contribution in [1.82, 2.24) is 0 Å². The molecule has 0 aromatic heterocycles. The molecule has 0 bridgehead atoms. The second-order valence-electron chi connectivity index (χ2n) is 4.59. The molecule has 2 N–H and O–H groups in total. The van der Waals surface area contributed by atoms with E-state index in [2.05, 4.69) is 0 Å². The maximum Gasteiger partial charge on any atom is 0.230 e. The van der Waals surface area contributed by atoms with Gasteiger partial charge in [0, 0.05) is 16.4 Å². The number of rotatable bonds is 6. The second kappa shape index (κ2) is 7.04. The van der Waals surface area contributed by atoms with Crippen LogP contribution in [0, 0.1) is 0 Å². The molecule has 2 rings (SSSR count). The summed E-state index contributed by atoms with van der Waals surface area (Å²) in [7, 11) is 0.235. The number of primary amides is 1. The summed E-state index contributed by atoms with van der Waals surface area (Å²) in [6, 6.07) is 15.6. The number of methoxy groups -OCH3 is 1. The van der Waals surface area contributed by atoms with Crippen LogP contribution in [0.25, 0.3) is 11.1 Å². The van der Waals surface area contributed by atoms with Crippen LogP contribution in [0.5, 0.6) is 5.75 Å². The zero-order chi connectivity index (χ0) is 15.2. The topological polar surface area (TPSA) is 69.4 Å². The van der Waals surface area contributed by atoms with Gasteiger partial charge in [-0.1, -0.05) is 36.4 Å². The fraction of sp³-hybridized carbons (Fsp3) is 0.188. The molecule has 0 saturated heterocycles. The van der Waals surface area contributed by atoms with E-state index < -0.39 is 16.7 Å². The fourth-order valence-electron chi connectivity index (χ4n) is 2.08. The van der Waals surface area contributed by atoms with Crippen LogP contribution in [-0.2, 0) is 21.3 Å². The summed E-state index contributed by atoms with van der Waals surface area (Å²) in [5.74, 6) is 0.199. The van der Waals surface area contributed by atoms with Gasteiger partial charge in [-0.05, 0) is 23.3 Å². The van der Waals surface area contributed by atoms with Gasteiger partial charge in [0.1, 0.15) is 11.5 Å².